The first-order valence-corrected chi connectivity index (χ1v) is 5.43. The summed E-state index contributed by atoms with van der Waals surface area (Å²) < 4.78 is 0.832. The van der Waals surface area contributed by atoms with Gasteiger partial charge in [0.05, 0.1) is 5.92 Å². The van der Waals surface area contributed by atoms with E-state index in [1.807, 2.05) is 31.2 Å². The summed E-state index contributed by atoms with van der Waals surface area (Å²) in [6.07, 6.45) is 0.470. The maximum Gasteiger partial charge on any atom is 0.311 e. The maximum atomic E-state index is 11.1. The predicted octanol–water partition coefficient (Wildman–Crippen LogP) is 3.58. The fourth-order valence-electron chi connectivity index (χ4n) is 1.44. The lowest BCUT2D eigenvalue weighted by Gasteiger charge is -2.14. The molecule has 0 bridgehead atoms. The minimum atomic E-state index is -0.815. The van der Waals surface area contributed by atoms with Crippen LogP contribution in [0.1, 0.15) is 24.8 Å². The summed E-state index contributed by atoms with van der Waals surface area (Å²) in [4.78, 5) is 11.1. The average Bonchev–Trinajstić information content (AvgIpc) is 2.15. The molecule has 2 nitrogen and oxygen atoms in total. The van der Waals surface area contributed by atoms with E-state index < -0.39 is 11.9 Å². The zero-order valence-corrected chi connectivity index (χ0v) is 10.1. The number of carbonyl (C=O) groups is 1. The van der Waals surface area contributed by atoms with Gasteiger partial charge in [-0.1, -0.05) is 39.7 Å². The molecule has 3 heteroatoms. The van der Waals surface area contributed by atoms with Gasteiger partial charge in [0, 0.05) is 4.47 Å². The molecule has 0 saturated heterocycles. The third kappa shape index (κ3) is 3.20. The van der Waals surface area contributed by atoms with Gasteiger partial charge in [-0.2, -0.15) is 0 Å². The molecule has 0 saturated carbocycles. The van der Waals surface area contributed by atoms with E-state index in [1.54, 1.807) is 0 Å². The Kier molecular flexibility index (Phi) is 4.09. The topological polar surface area (TPSA) is 37.3 Å². The molecule has 0 unspecified atom stereocenters. The van der Waals surface area contributed by atoms with Crippen molar-refractivity contribution in [2.45, 2.75) is 19.3 Å². The molecule has 0 spiro atoms. The molecule has 1 rings (SSSR count). The Morgan fingerprint density at radius 2 is 2.13 bits per heavy atom. The molecular formula is C12H13BrO2. The number of hydrogen-bond acceptors (Lipinski definition) is 1. The quantitative estimate of drug-likeness (QED) is 0.848. The van der Waals surface area contributed by atoms with Crippen LogP contribution >= 0.6 is 15.9 Å². The lowest BCUT2D eigenvalue weighted by molar-refractivity contribution is -0.138. The van der Waals surface area contributed by atoms with Crippen LogP contribution in [0.4, 0.5) is 0 Å². The molecule has 1 N–H and O–H groups in total. The van der Waals surface area contributed by atoms with Gasteiger partial charge >= 0.3 is 5.97 Å². The summed E-state index contributed by atoms with van der Waals surface area (Å²) >= 11 is 3.36. The van der Waals surface area contributed by atoms with E-state index in [1.165, 1.54) is 0 Å². The molecule has 0 aliphatic carbocycles. The van der Waals surface area contributed by atoms with Crippen LogP contribution in [0.5, 0.6) is 0 Å². The van der Waals surface area contributed by atoms with E-state index in [4.69, 9.17) is 5.11 Å². The van der Waals surface area contributed by atoms with Gasteiger partial charge in [-0.05, 0) is 25.0 Å². The Hall–Kier alpha value is -1.09. The molecule has 1 atom stereocenters. The summed E-state index contributed by atoms with van der Waals surface area (Å²) in [5.74, 6) is -1.33. The highest BCUT2D eigenvalue weighted by molar-refractivity contribution is 9.10. The Balaban J connectivity index is 3.04. The smallest absolute Gasteiger partial charge is 0.311 e. The van der Waals surface area contributed by atoms with E-state index in [0.29, 0.717) is 6.42 Å². The molecule has 80 valence electrons. The second-order valence-corrected chi connectivity index (χ2v) is 4.43. The molecule has 1 aromatic carbocycles. The van der Waals surface area contributed by atoms with E-state index in [9.17, 15) is 4.79 Å². The Bertz CT molecular complexity index is 385. The normalized spacial score (nSPS) is 12.1. The molecule has 1 aromatic rings. The zero-order chi connectivity index (χ0) is 11.4. The van der Waals surface area contributed by atoms with Gasteiger partial charge in [0.15, 0.2) is 0 Å². The van der Waals surface area contributed by atoms with Crippen LogP contribution in [0.2, 0.25) is 0 Å². The van der Waals surface area contributed by atoms with Gasteiger partial charge in [0.1, 0.15) is 0 Å². The third-order valence-corrected chi connectivity index (χ3v) is 2.85. The number of rotatable bonds is 4. The van der Waals surface area contributed by atoms with Crippen molar-refractivity contribution in [3.63, 3.8) is 0 Å². The van der Waals surface area contributed by atoms with Crippen LogP contribution in [0, 0.1) is 0 Å². The van der Waals surface area contributed by atoms with Gasteiger partial charge in [-0.3, -0.25) is 4.79 Å². The number of halogens is 1. The van der Waals surface area contributed by atoms with Crippen LogP contribution < -0.4 is 0 Å². The van der Waals surface area contributed by atoms with Gasteiger partial charge in [-0.25, -0.2) is 0 Å². The zero-order valence-electron chi connectivity index (χ0n) is 8.53. The summed E-state index contributed by atoms with van der Waals surface area (Å²) in [6, 6.07) is 7.39. The second-order valence-electron chi connectivity index (χ2n) is 3.57. The van der Waals surface area contributed by atoms with Crippen molar-refractivity contribution < 1.29 is 9.90 Å². The highest BCUT2D eigenvalue weighted by Gasteiger charge is 2.21. The molecule has 0 heterocycles. The Morgan fingerprint density at radius 1 is 1.53 bits per heavy atom. The maximum absolute atomic E-state index is 11.1. The number of carboxylic acid groups (broad SMARTS) is 1. The van der Waals surface area contributed by atoms with Gasteiger partial charge < -0.3 is 5.11 Å². The van der Waals surface area contributed by atoms with E-state index in [-0.39, 0.29) is 0 Å². The van der Waals surface area contributed by atoms with Gasteiger partial charge in [0.2, 0.25) is 0 Å². The van der Waals surface area contributed by atoms with Crippen molar-refractivity contribution in [2.24, 2.45) is 0 Å². The monoisotopic (exact) mass is 268 g/mol. The standard InChI is InChI=1S/C12H13BrO2/c1-8(2)7-10(12(14)15)9-5-3-4-6-11(9)13/h3-6,10H,1,7H2,2H3,(H,14,15)/t10-/m0/s1. The van der Waals surface area contributed by atoms with Gasteiger partial charge in [-0.15, -0.1) is 6.58 Å². The minimum absolute atomic E-state index is 0.470. The summed E-state index contributed by atoms with van der Waals surface area (Å²) in [5.41, 5.74) is 1.67. The molecule has 0 aromatic heterocycles. The van der Waals surface area contributed by atoms with Crippen molar-refractivity contribution in [1.29, 1.82) is 0 Å². The summed E-state index contributed by atoms with van der Waals surface area (Å²) in [5, 5.41) is 9.14. The van der Waals surface area contributed by atoms with Crippen LogP contribution in [0.15, 0.2) is 40.9 Å². The first-order valence-electron chi connectivity index (χ1n) is 4.64. The van der Waals surface area contributed by atoms with Crippen molar-refractivity contribution >= 4 is 21.9 Å². The largest absolute Gasteiger partial charge is 0.481 e. The van der Waals surface area contributed by atoms with Crippen molar-refractivity contribution in [3.8, 4) is 0 Å². The second kappa shape index (κ2) is 5.12. The lowest BCUT2D eigenvalue weighted by Crippen LogP contribution is -2.12. The Labute approximate surface area is 97.8 Å². The van der Waals surface area contributed by atoms with E-state index in [2.05, 4.69) is 22.5 Å². The molecular weight excluding hydrogens is 256 g/mol. The molecule has 15 heavy (non-hydrogen) atoms. The van der Waals surface area contributed by atoms with E-state index in [0.717, 1.165) is 15.6 Å². The van der Waals surface area contributed by atoms with E-state index >= 15 is 0 Å². The number of carboxylic acids is 1. The number of aliphatic carboxylic acids is 1. The van der Waals surface area contributed by atoms with Crippen LogP contribution in [0.3, 0.4) is 0 Å². The molecule has 0 aliphatic heterocycles. The van der Waals surface area contributed by atoms with Crippen LogP contribution in [-0.2, 0) is 4.79 Å². The molecule has 0 fully saturated rings. The highest BCUT2D eigenvalue weighted by Crippen LogP contribution is 2.29. The average molecular weight is 269 g/mol. The van der Waals surface area contributed by atoms with Crippen molar-refractivity contribution in [3.05, 3.63) is 46.5 Å². The molecule has 0 amide bonds. The summed E-state index contributed by atoms with van der Waals surface area (Å²) in [7, 11) is 0. The molecule has 0 radical (unpaired) electrons. The molecule has 0 aliphatic rings. The SMILES string of the molecule is C=C(C)C[C@H](C(=O)O)c1ccccc1Br. The van der Waals surface area contributed by atoms with Crippen molar-refractivity contribution in [2.75, 3.05) is 0 Å². The van der Waals surface area contributed by atoms with Crippen LogP contribution in [0.25, 0.3) is 0 Å². The minimum Gasteiger partial charge on any atom is -0.481 e. The van der Waals surface area contributed by atoms with Crippen LogP contribution in [-0.4, -0.2) is 11.1 Å². The highest BCUT2D eigenvalue weighted by atomic mass is 79.9. The van der Waals surface area contributed by atoms with Crippen molar-refractivity contribution in [1.82, 2.24) is 0 Å². The fourth-order valence-corrected chi connectivity index (χ4v) is 2.00. The number of hydrogen-bond donors (Lipinski definition) is 1. The first-order chi connectivity index (χ1) is 7.02. The summed E-state index contributed by atoms with van der Waals surface area (Å²) in [6.45, 7) is 5.59. The third-order valence-electron chi connectivity index (χ3n) is 2.13. The Morgan fingerprint density at radius 3 is 2.60 bits per heavy atom. The number of benzene rings is 1. The lowest BCUT2D eigenvalue weighted by atomic mass is 9.93. The first kappa shape index (κ1) is 12.0. The fraction of sp³-hybridized carbons (Fsp3) is 0.250. The predicted molar refractivity (Wildman–Crippen MR) is 63.9 cm³/mol. The number of allylic oxidation sites excluding steroid dienone is 1. The van der Waals surface area contributed by atoms with Gasteiger partial charge in [0.25, 0.3) is 0 Å².